The largest absolute Gasteiger partial charge is 0.460 e. The van der Waals surface area contributed by atoms with Gasteiger partial charge >= 0.3 is 11.9 Å². The first-order valence-electron chi connectivity index (χ1n) is 10.4. The van der Waals surface area contributed by atoms with Gasteiger partial charge in [-0.2, -0.15) is 0 Å². The quantitative estimate of drug-likeness (QED) is 0.192. The van der Waals surface area contributed by atoms with E-state index in [-0.39, 0.29) is 13.2 Å². The molecular weight excluding hydrogens is 416 g/mol. The predicted molar refractivity (Wildman–Crippen MR) is 119 cm³/mol. The predicted octanol–water partition coefficient (Wildman–Crippen LogP) is 2.99. The normalized spacial score (nSPS) is 10.6. The molecule has 1 aromatic carbocycles. The smallest absolute Gasteiger partial charge is 0.333 e. The Morgan fingerprint density at radius 1 is 0.625 bits per heavy atom. The Labute approximate surface area is 190 Å². The van der Waals surface area contributed by atoms with Crippen molar-refractivity contribution in [1.29, 1.82) is 0 Å². The van der Waals surface area contributed by atoms with E-state index >= 15 is 0 Å². The van der Waals surface area contributed by atoms with E-state index in [9.17, 15) is 9.59 Å². The number of hydrogen-bond acceptors (Lipinski definition) is 8. The van der Waals surface area contributed by atoms with E-state index in [0.29, 0.717) is 64.0 Å². The van der Waals surface area contributed by atoms with Crippen LogP contribution in [0, 0.1) is 0 Å². The zero-order valence-corrected chi connectivity index (χ0v) is 19.1. The summed E-state index contributed by atoms with van der Waals surface area (Å²) in [4.78, 5) is 22.4. The molecule has 178 valence electrons. The molecule has 8 heteroatoms. The average Bonchev–Trinajstić information content (AvgIpc) is 2.77. The van der Waals surface area contributed by atoms with Crippen LogP contribution in [0.4, 0.5) is 0 Å². The van der Waals surface area contributed by atoms with E-state index in [2.05, 4.69) is 13.2 Å². The molecular formula is C24H34O8. The van der Waals surface area contributed by atoms with Crippen LogP contribution >= 0.6 is 0 Å². The van der Waals surface area contributed by atoms with Crippen molar-refractivity contribution in [2.75, 3.05) is 52.9 Å². The average molecular weight is 451 g/mol. The third-order valence-corrected chi connectivity index (χ3v) is 4.00. The van der Waals surface area contributed by atoms with Crippen LogP contribution in [0.1, 0.15) is 25.0 Å². The van der Waals surface area contributed by atoms with Gasteiger partial charge in [-0.15, -0.1) is 0 Å². The van der Waals surface area contributed by atoms with Crippen LogP contribution in [0.5, 0.6) is 0 Å². The highest BCUT2D eigenvalue weighted by Crippen LogP contribution is 2.11. The van der Waals surface area contributed by atoms with E-state index in [1.165, 1.54) is 0 Å². The first-order chi connectivity index (χ1) is 15.4. The lowest BCUT2D eigenvalue weighted by atomic mass is 10.1. The number of ether oxygens (including phenoxy) is 6. The Kier molecular flexibility index (Phi) is 14.7. The van der Waals surface area contributed by atoms with Crippen LogP contribution in [0.15, 0.2) is 48.6 Å². The first kappa shape index (κ1) is 27.5. The molecule has 0 spiro atoms. The van der Waals surface area contributed by atoms with Crippen LogP contribution in [0.2, 0.25) is 0 Å². The highest BCUT2D eigenvalue weighted by atomic mass is 16.6. The second-order valence-corrected chi connectivity index (χ2v) is 6.93. The molecule has 0 saturated heterocycles. The van der Waals surface area contributed by atoms with Gasteiger partial charge in [-0.25, -0.2) is 9.59 Å². The molecule has 8 nitrogen and oxygen atoms in total. The van der Waals surface area contributed by atoms with Gasteiger partial charge in [0.25, 0.3) is 0 Å². The van der Waals surface area contributed by atoms with Crippen molar-refractivity contribution < 1.29 is 38.0 Å². The molecule has 0 bridgehead atoms. The number of carbonyl (C=O) groups is 2. The minimum Gasteiger partial charge on any atom is -0.460 e. The standard InChI is InChI=1S/C24H34O8/c1-19(2)23(25)31-15-13-27-9-11-29-17-21-7-5-6-8-22(21)18-30-12-10-28-14-16-32-24(26)20(3)4/h5-8H,1,3,9-18H2,2,4H3. The van der Waals surface area contributed by atoms with E-state index in [1.807, 2.05) is 24.3 Å². The second-order valence-electron chi connectivity index (χ2n) is 6.93. The lowest BCUT2D eigenvalue weighted by Crippen LogP contribution is -2.13. The van der Waals surface area contributed by atoms with E-state index in [0.717, 1.165) is 11.1 Å². The van der Waals surface area contributed by atoms with Gasteiger partial charge < -0.3 is 28.4 Å². The molecule has 0 radical (unpaired) electrons. The minimum atomic E-state index is -0.417. The van der Waals surface area contributed by atoms with Crippen molar-refractivity contribution in [2.45, 2.75) is 27.1 Å². The fourth-order valence-corrected chi connectivity index (χ4v) is 2.28. The summed E-state index contributed by atoms with van der Waals surface area (Å²) in [5, 5.41) is 0. The Bertz CT molecular complexity index is 667. The molecule has 0 atom stereocenters. The molecule has 0 heterocycles. The number of esters is 2. The van der Waals surface area contributed by atoms with E-state index < -0.39 is 11.9 Å². The summed E-state index contributed by atoms with van der Waals surface area (Å²) in [5.41, 5.74) is 2.81. The highest BCUT2D eigenvalue weighted by Gasteiger charge is 2.05. The van der Waals surface area contributed by atoms with Gasteiger partial charge in [0, 0.05) is 11.1 Å². The van der Waals surface area contributed by atoms with Crippen LogP contribution in [0.25, 0.3) is 0 Å². The van der Waals surface area contributed by atoms with Crippen molar-refractivity contribution >= 4 is 11.9 Å². The summed E-state index contributed by atoms with van der Waals surface area (Å²) < 4.78 is 31.9. The molecule has 32 heavy (non-hydrogen) atoms. The van der Waals surface area contributed by atoms with Crippen LogP contribution in [-0.2, 0) is 51.2 Å². The van der Waals surface area contributed by atoms with Crippen molar-refractivity contribution in [1.82, 2.24) is 0 Å². The molecule has 0 aliphatic rings. The van der Waals surface area contributed by atoms with Crippen molar-refractivity contribution in [2.24, 2.45) is 0 Å². The SMILES string of the molecule is C=C(C)C(=O)OCCOCCOCc1ccccc1COCCOCCOC(=O)C(=C)C. The summed E-state index contributed by atoms with van der Waals surface area (Å²) >= 11 is 0. The third kappa shape index (κ3) is 13.0. The molecule has 0 aliphatic heterocycles. The molecule has 0 fully saturated rings. The minimum absolute atomic E-state index is 0.190. The summed E-state index contributed by atoms with van der Waals surface area (Å²) in [7, 11) is 0. The fraction of sp³-hybridized carbons (Fsp3) is 0.500. The maximum absolute atomic E-state index is 11.2. The van der Waals surface area contributed by atoms with Gasteiger partial charge in [-0.3, -0.25) is 0 Å². The maximum Gasteiger partial charge on any atom is 0.333 e. The monoisotopic (exact) mass is 450 g/mol. The number of benzene rings is 1. The molecule has 1 aromatic rings. The van der Waals surface area contributed by atoms with Gasteiger partial charge in [-0.1, -0.05) is 37.4 Å². The maximum atomic E-state index is 11.2. The molecule has 0 aliphatic carbocycles. The van der Waals surface area contributed by atoms with Crippen molar-refractivity contribution in [3.63, 3.8) is 0 Å². The fourth-order valence-electron chi connectivity index (χ4n) is 2.28. The van der Waals surface area contributed by atoms with Crippen molar-refractivity contribution in [3.8, 4) is 0 Å². The van der Waals surface area contributed by atoms with Crippen LogP contribution in [-0.4, -0.2) is 64.8 Å². The Morgan fingerprint density at radius 2 is 0.969 bits per heavy atom. The zero-order valence-electron chi connectivity index (χ0n) is 19.1. The van der Waals surface area contributed by atoms with E-state index in [1.54, 1.807) is 13.8 Å². The van der Waals surface area contributed by atoms with Gasteiger partial charge in [0.1, 0.15) is 13.2 Å². The van der Waals surface area contributed by atoms with Gasteiger partial charge in [-0.05, 0) is 25.0 Å². The topological polar surface area (TPSA) is 89.5 Å². The lowest BCUT2D eigenvalue weighted by molar-refractivity contribution is -0.141. The number of hydrogen-bond donors (Lipinski definition) is 0. The third-order valence-electron chi connectivity index (χ3n) is 4.00. The molecule has 0 amide bonds. The van der Waals surface area contributed by atoms with E-state index in [4.69, 9.17) is 28.4 Å². The summed E-state index contributed by atoms with van der Waals surface area (Å²) in [5.74, 6) is -0.835. The first-order valence-corrected chi connectivity index (χ1v) is 10.4. The molecule has 0 aromatic heterocycles. The zero-order chi connectivity index (χ0) is 23.6. The second kappa shape index (κ2) is 17.1. The van der Waals surface area contributed by atoms with Crippen molar-refractivity contribution in [3.05, 3.63) is 59.7 Å². The van der Waals surface area contributed by atoms with Gasteiger partial charge in [0.2, 0.25) is 0 Å². The van der Waals surface area contributed by atoms with Gasteiger partial charge in [0.15, 0.2) is 0 Å². The summed E-state index contributed by atoms with van der Waals surface area (Å²) in [6, 6.07) is 7.88. The number of rotatable bonds is 18. The van der Waals surface area contributed by atoms with Crippen LogP contribution < -0.4 is 0 Å². The molecule has 0 unspecified atom stereocenters. The Balaban J connectivity index is 2.10. The lowest BCUT2D eigenvalue weighted by Gasteiger charge is -2.11. The molecule has 0 N–H and O–H groups in total. The Morgan fingerprint density at radius 3 is 1.34 bits per heavy atom. The summed E-state index contributed by atoms with van der Waals surface area (Å²) in [6.07, 6.45) is 0. The molecule has 1 rings (SSSR count). The Hall–Kier alpha value is -2.52. The highest BCUT2D eigenvalue weighted by molar-refractivity contribution is 5.87. The molecule has 0 saturated carbocycles. The number of carbonyl (C=O) groups excluding carboxylic acids is 2. The summed E-state index contributed by atoms with van der Waals surface area (Å²) in [6.45, 7) is 13.8. The van der Waals surface area contributed by atoms with Crippen LogP contribution in [0.3, 0.4) is 0 Å². The van der Waals surface area contributed by atoms with Gasteiger partial charge in [0.05, 0.1) is 52.9 Å².